The lowest BCUT2D eigenvalue weighted by atomic mass is 9.99. The van der Waals surface area contributed by atoms with Crippen LogP contribution in [0.1, 0.15) is 35.9 Å². The van der Waals surface area contributed by atoms with Gasteiger partial charge < -0.3 is 14.7 Å². The van der Waals surface area contributed by atoms with Crippen molar-refractivity contribution >= 4 is 17.3 Å². The van der Waals surface area contributed by atoms with E-state index >= 15 is 0 Å². The number of aryl methyl sites for hydroxylation is 1. The summed E-state index contributed by atoms with van der Waals surface area (Å²) in [6, 6.07) is 15.2. The van der Waals surface area contributed by atoms with Gasteiger partial charge >= 0.3 is 0 Å². The number of amides is 1. The smallest absolute Gasteiger partial charge is 0.257 e. The predicted octanol–water partition coefficient (Wildman–Crippen LogP) is 4.53. The highest BCUT2D eigenvalue weighted by atomic mass is 16.5. The van der Waals surface area contributed by atoms with E-state index in [-0.39, 0.29) is 5.91 Å². The summed E-state index contributed by atoms with van der Waals surface area (Å²) in [6.07, 6.45) is 2.47. The molecule has 2 aromatic carbocycles. The van der Waals surface area contributed by atoms with Crippen molar-refractivity contribution < 1.29 is 9.32 Å². The van der Waals surface area contributed by atoms with Gasteiger partial charge in [-0.25, -0.2) is 0 Å². The van der Waals surface area contributed by atoms with Gasteiger partial charge in [-0.15, -0.1) is 0 Å². The van der Waals surface area contributed by atoms with Crippen molar-refractivity contribution in [3.63, 3.8) is 0 Å². The van der Waals surface area contributed by atoms with Gasteiger partial charge in [0, 0.05) is 35.6 Å². The van der Waals surface area contributed by atoms with Crippen molar-refractivity contribution in [2.75, 3.05) is 23.3 Å². The lowest BCUT2D eigenvalue weighted by molar-refractivity contribution is 0.102. The van der Waals surface area contributed by atoms with Crippen molar-refractivity contribution in [1.82, 2.24) is 10.1 Å². The summed E-state index contributed by atoms with van der Waals surface area (Å²) in [4.78, 5) is 19.1. The Morgan fingerprint density at radius 3 is 2.36 bits per heavy atom. The molecular formula is C22H24N4O2. The van der Waals surface area contributed by atoms with Gasteiger partial charge in [-0.3, -0.25) is 4.79 Å². The molecule has 1 amide bonds. The number of piperidine rings is 1. The molecular weight excluding hydrogens is 352 g/mol. The van der Waals surface area contributed by atoms with E-state index in [1.807, 2.05) is 24.3 Å². The van der Waals surface area contributed by atoms with Gasteiger partial charge in [0.05, 0.1) is 0 Å². The highest BCUT2D eigenvalue weighted by Crippen LogP contribution is 2.24. The van der Waals surface area contributed by atoms with Crippen LogP contribution in [-0.2, 0) is 0 Å². The average Bonchev–Trinajstić information content (AvgIpc) is 3.16. The number of carbonyl (C=O) groups is 1. The minimum Gasteiger partial charge on any atom is -0.372 e. The van der Waals surface area contributed by atoms with Crippen LogP contribution in [0.5, 0.6) is 0 Å². The van der Waals surface area contributed by atoms with Crippen LogP contribution < -0.4 is 10.2 Å². The molecule has 6 nitrogen and oxygen atoms in total. The van der Waals surface area contributed by atoms with E-state index < -0.39 is 0 Å². The first-order valence-corrected chi connectivity index (χ1v) is 9.65. The minimum atomic E-state index is -0.146. The molecule has 28 heavy (non-hydrogen) atoms. The molecule has 1 fully saturated rings. The number of hydrogen-bond donors (Lipinski definition) is 1. The van der Waals surface area contributed by atoms with Crippen LogP contribution in [0.25, 0.3) is 11.5 Å². The lowest BCUT2D eigenvalue weighted by Gasteiger charge is -2.32. The van der Waals surface area contributed by atoms with E-state index in [0.29, 0.717) is 17.3 Å². The first kappa shape index (κ1) is 18.2. The third kappa shape index (κ3) is 4.06. The van der Waals surface area contributed by atoms with Crippen LogP contribution in [0.2, 0.25) is 0 Å². The highest BCUT2D eigenvalue weighted by molar-refractivity contribution is 6.04. The van der Waals surface area contributed by atoms with Crippen LogP contribution in [-0.4, -0.2) is 29.1 Å². The summed E-state index contributed by atoms with van der Waals surface area (Å²) in [6.45, 7) is 6.27. The van der Waals surface area contributed by atoms with E-state index in [9.17, 15) is 4.79 Å². The summed E-state index contributed by atoms with van der Waals surface area (Å²) < 4.78 is 5.15. The Kier molecular flexibility index (Phi) is 5.10. The molecule has 0 atom stereocenters. The van der Waals surface area contributed by atoms with Crippen LogP contribution in [0, 0.1) is 12.8 Å². The summed E-state index contributed by atoms with van der Waals surface area (Å²) in [7, 11) is 0. The fraction of sp³-hybridized carbons (Fsp3) is 0.318. The van der Waals surface area contributed by atoms with Crippen LogP contribution in [0.3, 0.4) is 0 Å². The Bertz CT molecular complexity index is 939. The van der Waals surface area contributed by atoms with Gasteiger partial charge in [0.1, 0.15) is 0 Å². The van der Waals surface area contributed by atoms with Crippen LogP contribution in [0.4, 0.5) is 11.4 Å². The molecule has 1 aromatic heterocycles. The van der Waals surface area contributed by atoms with Gasteiger partial charge in [-0.2, -0.15) is 4.98 Å². The second-order valence-electron chi connectivity index (χ2n) is 7.39. The topological polar surface area (TPSA) is 71.3 Å². The average molecular weight is 376 g/mol. The largest absolute Gasteiger partial charge is 0.372 e. The second kappa shape index (κ2) is 7.84. The fourth-order valence-electron chi connectivity index (χ4n) is 3.40. The zero-order valence-corrected chi connectivity index (χ0v) is 16.2. The maximum Gasteiger partial charge on any atom is 0.257 e. The Balaban J connectivity index is 1.39. The van der Waals surface area contributed by atoms with E-state index in [1.165, 1.54) is 18.5 Å². The zero-order chi connectivity index (χ0) is 19.5. The van der Waals surface area contributed by atoms with Gasteiger partial charge in [0.2, 0.25) is 0 Å². The Morgan fingerprint density at radius 1 is 1.07 bits per heavy atom. The molecule has 4 rings (SSSR count). The maximum atomic E-state index is 12.5. The normalized spacial score (nSPS) is 14.9. The van der Waals surface area contributed by atoms with Crippen molar-refractivity contribution in [3.8, 4) is 11.5 Å². The first-order chi connectivity index (χ1) is 13.6. The molecule has 0 spiro atoms. The molecule has 0 bridgehead atoms. The number of aromatic nitrogens is 2. The Morgan fingerprint density at radius 2 is 1.75 bits per heavy atom. The molecule has 0 aliphatic carbocycles. The minimum absolute atomic E-state index is 0.146. The molecule has 0 saturated carbocycles. The fourth-order valence-corrected chi connectivity index (χ4v) is 3.40. The summed E-state index contributed by atoms with van der Waals surface area (Å²) >= 11 is 0. The molecule has 1 saturated heterocycles. The molecule has 1 aliphatic rings. The van der Waals surface area contributed by atoms with Crippen molar-refractivity contribution in [3.05, 3.63) is 59.9 Å². The van der Waals surface area contributed by atoms with Crippen LogP contribution in [0.15, 0.2) is 53.1 Å². The molecule has 1 aliphatic heterocycles. The summed E-state index contributed by atoms with van der Waals surface area (Å²) in [5, 5.41) is 6.73. The molecule has 2 heterocycles. The number of benzene rings is 2. The van der Waals surface area contributed by atoms with Crippen molar-refractivity contribution in [2.45, 2.75) is 26.7 Å². The number of nitrogens with one attached hydrogen (secondary N) is 1. The summed E-state index contributed by atoms with van der Waals surface area (Å²) in [5.74, 6) is 1.70. The van der Waals surface area contributed by atoms with Gasteiger partial charge in [0.25, 0.3) is 11.8 Å². The van der Waals surface area contributed by atoms with Crippen molar-refractivity contribution in [2.24, 2.45) is 5.92 Å². The number of rotatable bonds is 4. The third-order valence-corrected chi connectivity index (χ3v) is 5.20. The molecule has 0 unspecified atom stereocenters. The predicted molar refractivity (Wildman–Crippen MR) is 109 cm³/mol. The van der Waals surface area contributed by atoms with E-state index in [0.717, 1.165) is 30.3 Å². The Hall–Kier alpha value is -3.15. The van der Waals surface area contributed by atoms with Gasteiger partial charge in [0.15, 0.2) is 5.82 Å². The molecule has 1 N–H and O–H groups in total. The van der Waals surface area contributed by atoms with Gasteiger partial charge in [-0.1, -0.05) is 12.1 Å². The third-order valence-electron chi connectivity index (χ3n) is 5.20. The Labute approximate surface area is 164 Å². The van der Waals surface area contributed by atoms with Gasteiger partial charge in [-0.05, 0) is 74.2 Å². The number of anilines is 2. The maximum absolute atomic E-state index is 12.5. The number of carbonyl (C=O) groups excluding carboxylic acids is 1. The van der Waals surface area contributed by atoms with E-state index in [2.05, 4.69) is 39.4 Å². The monoisotopic (exact) mass is 376 g/mol. The highest BCUT2D eigenvalue weighted by Gasteiger charge is 2.16. The quantitative estimate of drug-likeness (QED) is 0.724. The zero-order valence-electron chi connectivity index (χ0n) is 16.2. The molecule has 0 radical (unpaired) electrons. The summed E-state index contributed by atoms with van der Waals surface area (Å²) in [5.41, 5.74) is 3.37. The van der Waals surface area contributed by atoms with Crippen LogP contribution >= 0.6 is 0 Å². The van der Waals surface area contributed by atoms with E-state index in [1.54, 1.807) is 19.1 Å². The molecule has 3 aromatic rings. The van der Waals surface area contributed by atoms with Crippen molar-refractivity contribution in [1.29, 1.82) is 0 Å². The molecule has 144 valence electrons. The number of hydrogen-bond acceptors (Lipinski definition) is 5. The molecule has 6 heteroatoms. The second-order valence-corrected chi connectivity index (χ2v) is 7.39. The number of nitrogens with zero attached hydrogens (tertiary/aromatic N) is 3. The standard InChI is InChI=1S/C22H24N4O2/c1-15-11-13-26(14-12-15)20-9-7-19(8-10-20)24-21(27)17-3-5-18(6-4-17)22-23-16(2)25-28-22/h3-10,15H,11-14H2,1-2H3,(H,24,27). The SMILES string of the molecule is Cc1noc(-c2ccc(C(=O)Nc3ccc(N4CCC(C)CC4)cc3)cc2)n1. The first-order valence-electron chi connectivity index (χ1n) is 9.65. The van der Waals surface area contributed by atoms with E-state index in [4.69, 9.17) is 4.52 Å². The lowest BCUT2D eigenvalue weighted by Crippen LogP contribution is -2.32.